The molecule has 0 rings (SSSR count). The summed E-state index contributed by atoms with van der Waals surface area (Å²) in [6.45, 7) is 18.4. The van der Waals surface area contributed by atoms with E-state index in [1.165, 1.54) is 0 Å². The molecule has 1 N–H and O–H groups in total. The Morgan fingerprint density at radius 1 is 1.00 bits per heavy atom. The molecule has 0 radical (unpaired) electrons. The summed E-state index contributed by atoms with van der Waals surface area (Å²) in [7, 11) is 0. The molecule has 0 aromatic carbocycles. The van der Waals surface area contributed by atoms with E-state index in [4.69, 9.17) is 4.74 Å². The van der Waals surface area contributed by atoms with E-state index in [0.29, 0.717) is 6.54 Å². The number of carbonyl (C=O) groups excluding carboxylic acids is 2. The second-order valence-electron chi connectivity index (χ2n) is 8.60. The number of nitrogens with one attached hydrogen (secondary N) is 1. The molecule has 4 heteroatoms. The number of ether oxygens (including phenoxy) is 1. The Morgan fingerprint density at radius 3 is 1.86 bits per heavy atom. The summed E-state index contributed by atoms with van der Waals surface area (Å²) >= 11 is 0. The highest BCUT2D eigenvalue weighted by Gasteiger charge is 2.35. The summed E-state index contributed by atoms with van der Waals surface area (Å²) in [5.41, 5.74) is -0.410. The zero-order valence-electron chi connectivity index (χ0n) is 15.9. The molecule has 0 fully saturated rings. The van der Waals surface area contributed by atoms with Crippen LogP contribution < -0.4 is 5.32 Å². The fourth-order valence-electron chi connectivity index (χ4n) is 2.76. The molecule has 0 aromatic rings. The van der Waals surface area contributed by atoms with Gasteiger partial charge in [0.15, 0.2) is 0 Å². The van der Waals surface area contributed by atoms with Crippen LogP contribution in [0.5, 0.6) is 0 Å². The lowest BCUT2D eigenvalue weighted by molar-refractivity contribution is -0.133. The third-order valence-corrected chi connectivity index (χ3v) is 3.63. The Kier molecular flexibility index (Phi) is 7.76. The fraction of sp³-hybridized carbons (Fsp3) is 0.889. The molecule has 2 atom stereocenters. The molecule has 1 amide bonds. The van der Waals surface area contributed by atoms with Crippen molar-refractivity contribution in [2.75, 3.05) is 13.2 Å². The Hall–Kier alpha value is -0.900. The highest BCUT2D eigenvalue weighted by Crippen LogP contribution is 2.34. The molecule has 0 aliphatic heterocycles. The first-order valence-electron chi connectivity index (χ1n) is 8.20. The van der Waals surface area contributed by atoms with E-state index >= 15 is 0 Å². The van der Waals surface area contributed by atoms with Gasteiger partial charge in [-0.3, -0.25) is 9.59 Å². The van der Waals surface area contributed by atoms with Gasteiger partial charge in [0.25, 0.3) is 0 Å². The molecule has 0 aliphatic rings. The van der Waals surface area contributed by atoms with E-state index in [2.05, 4.69) is 39.9 Å². The van der Waals surface area contributed by atoms with Gasteiger partial charge < -0.3 is 10.1 Å². The van der Waals surface area contributed by atoms with E-state index < -0.39 is 0 Å². The monoisotopic (exact) mass is 313 g/mol. The maximum atomic E-state index is 12.7. The predicted octanol–water partition coefficient (Wildman–Crippen LogP) is 3.44. The van der Waals surface area contributed by atoms with Gasteiger partial charge in [-0.05, 0) is 32.1 Å². The lowest BCUT2D eigenvalue weighted by Crippen LogP contribution is -2.41. The van der Waals surface area contributed by atoms with Gasteiger partial charge in [-0.1, -0.05) is 41.5 Å². The van der Waals surface area contributed by atoms with Crippen molar-refractivity contribution in [2.45, 2.75) is 67.9 Å². The van der Waals surface area contributed by atoms with Crippen LogP contribution in [0.4, 0.5) is 0 Å². The minimum Gasteiger partial charge on any atom is -0.366 e. The van der Waals surface area contributed by atoms with Crippen LogP contribution in [0.3, 0.4) is 0 Å². The maximum absolute atomic E-state index is 12.7. The SMILES string of the molecule is CC(C)C(C(=O)[C@H](C)CNC(=O)COC(C)(C)C)C(C)(C)C. The standard InChI is InChI=1S/C18H35NO3/c1-12(2)15(17(4,5)6)16(21)13(3)10-19-14(20)11-22-18(7,8)9/h12-13,15H,10-11H2,1-9H3,(H,19,20)/t13-,15?/m1/s1. The van der Waals surface area contributed by atoms with Crippen molar-refractivity contribution in [3.05, 3.63) is 0 Å². The highest BCUT2D eigenvalue weighted by atomic mass is 16.5. The number of carbonyl (C=O) groups is 2. The van der Waals surface area contributed by atoms with Crippen molar-refractivity contribution in [1.29, 1.82) is 0 Å². The lowest BCUT2D eigenvalue weighted by Gasteiger charge is -2.34. The number of amides is 1. The zero-order valence-corrected chi connectivity index (χ0v) is 15.9. The first-order valence-corrected chi connectivity index (χ1v) is 8.20. The maximum Gasteiger partial charge on any atom is 0.246 e. The average molecular weight is 313 g/mol. The molecule has 0 aromatic heterocycles. The Bertz CT molecular complexity index is 375. The number of hydrogen-bond donors (Lipinski definition) is 1. The molecular formula is C18H35NO3. The van der Waals surface area contributed by atoms with Gasteiger partial charge in [0, 0.05) is 18.4 Å². The second kappa shape index (κ2) is 8.09. The molecule has 4 nitrogen and oxygen atoms in total. The smallest absolute Gasteiger partial charge is 0.246 e. The molecule has 0 spiro atoms. The third-order valence-electron chi connectivity index (χ3n) is 3.63. The van der Waals surface area contributed by atoms with Gasteiger partial charge in [-0.2, -0.15) is 0 Å². The summed E-state index contributed by atoms with van der Waals surface area (Å²) in [5, 5.41) is 2.80. The van der Waals surface area contributed by atoms with Gasteiger partial charge in [-0.15, -0.1) is 0 Å². The van der Waals surface area contributed by atoms with Crippen molar-refractivity contribution >= 4 is 11.7 Å². The van der Waals surface area contributed by atoms with Crippen LogP contribution in [-0.4, -0.2) is 30.4 Å². The average Bonchev–Trinajstić information content (AvgIpc) is 2.30. The van der Waals surface area contributed by atoms with Crippen molar-refractivity contribution in [3.8, 4) is 0 Å². The number of ketones is 1. The van der Waals surface area contributed by atoms with Gasteiger partial charge >= 0.3 is 0 Å². The summed E-state index contributed by atoms with van der Waals surface area (Å²) in [6.07, 6.45) is 0. The predicted molar refractivity (Wildman–Crippen MR) is 90.7 cm³/mol. The largest absolute Gasteiger partial charge is 0.366 e. The molecule has 0 aliphatic carbocycles. The van der Waals surface area contributed by atoms with E-state index in [9.17, 15) is 9.59 Å². The summed E-state index contributed by atoms with van der Waals surface area (Å²) in [5.74, 6) is 0.135. The van der Waals surface area contributed by atoms with E-state index in [-0.39, 0.29) is 47.1 Å². The molecule has 130 valence electrons. The first-order chi connectivity index (χ1) is 9.75. The Labute approximate surface area is 136 Å². The van der Waals surface area contributed by atoms with E-state index in [1.54, 1.807) is 0 Å². The van der Waals surface area contributed by atoms with Crippen molar-refractivity contribution in [1.82, 2.24) is 5.32 Å². The zero-order chi connectivity index (χ0) is 17.7. The van der Waals surface area contributed by atoms with Crippen molar-refractivity contribution < 1.29 is 14.3 Å². The van der Waals surface area contributed by atoms with Crippen LogP contribution in [0.1, 0.15) is 62.3 Å². The van der Waals surface area contributed by atoms with Gasteiger partial charge in [0.05, 0.1) is 5.60 Å². The van der Waals surface area contributed by atoms with Gasteiger partial charge in [0.2, 0.25) is 5.91 Å². The first kappa shape index (κ1) is 21.1. The quantitative estimate of drug-likeness (QED) is 0.783. The molecule has 0 saturated heterocycles. The minimum atomic E-state index is -0.340. The molecule has 0 bridgehead atoms. The number of rotatable bonds is 7. The molecule has 0 heterocycles. The van der Waals surface area contributed by atoms with Gasteiger partial charge in [-0.25, -0.2) is 0 Å². The van der Waals surface area contributed by atoms with Crippen LogP contribution in [0.15, 0.2) is 0 Å². The van der Waals surface area contributed by atoms with Crippen LogP contribution in [0.2, 0.25) is 0 Å². The van der Waals surface area contributed by atoms with Crippen LogP contribution in [0.25, 0.3) is 0 Å². The summed E-state index contributed by atoms with van der Waals surface area (Å²) in [6, 6.07) is 0. The summed E-state index contributed by atoms with van der Waals surface area (Å²) < 4.78 is 5.43. The van der Waals surface area contributed by atoms with E-state index in [0.717, 1.165) is 0 Å². The summed E-state index contributed by atoms with van der Waals surface area (Å²) in [4.78, 5) is 24.4. The normalized spacial score (nSPS) is 15.5. The van der Waals surface area contributed by atoms with Crippen LogP contribution >= 0.6 is 0 Å². The number of hydrogen-bond acceptors (Lipinski definition) is 3. The Balaban J connectivity index is 4.50. The third kappa shape index (κ3) is 7.92. The van der Waals surface area contributed by atoms with Crippen LogP contribution in [0, 0.1) is 23.2 Å². The number of Topliss-reactive ketones (excluding diaryl/α,β-unsaturated/α-hetero) is 1. The second-order valence-corrected chi connectivity index (χ2v) is 8.60. The van der Waals surface area contributed by atoms with Crippen molar-refractivity contribution in [2.24, 2.45) is 23.2 Å². The topological polar surface area (TPSA) is 55.4 Å². The van der Waals surface area contributed by atoms with Crippen molar-refractivity contribution in [3.63, 3.8) is 0 Å². The van der Waals surface area contributed by atoms with E-state index in [1.807, 2.05) is 27.7 Å². The molecule has 0 saturated carbocycles. The highest BCUT2D eigenvalue weighted by molar-refractivity contribution is 5.85. The molecular weight excluding hydrogens is 278 g/mol. The fourth-order valence-corrected chi connectivity index (χ4v) is 2.76. The molecule has 22 heavy (non-hydrogen) atoms. The van der Waals surface area contributed by atoms with Crippen LogP contribution in [-0.2, 0) is 14.3 Å². The lowest BCUT2D eigenvalue weighted by atomic mass is 9.69. The molecule has 1 unspecified atom stereocenters. The minimum absolute atomic E-state index is 0.00905. The van der Waals surface area contributed by atoms with Gasteiger partial charge in [0.1, 0.15) is 12.4 Å². The Morgan fingerprint density at radius 2 is 1.50 bits per heavy atom.